The van der Waals surface area contributed by atoms with E-state index in [0.29, 0.717) is 17.0 Å². The molecule has 0 saturated heterocycles. The Bertz CT molecular complexity index is 776. The van der Waals surface area contributed by atoms with Crippen LogP contribution in [0, 0.1) is 12.3 Å². The highest BCUT2D eigenvalue weighted by molar-refractivity contribution is 7.11. The van der Waals surface area contributed by atoms with Gasteiger partial charge in [0.1, 0.15) is 16.6 Å². The standard InChI is InChI=1S/C18H21N3O2S/c1-3-13(9-22)21-8-15(23)16(17(21)19)18-20-14(10-24-18)12-6-4-11(2)5-7-12/h4-7,10,13,19,22-23H,3,8-9H2,1-2H3/t13-/m1/s1. The van der Waals surface area contributed by atoms with E-state index in [1.165, 1.54) is 16.9 Å². The van der Waals surface area contributed by atoms with E-state index >= 15 is 0 Å². The molecular weight excluding hydrogens is 322 g/mol. The van der Waals surface area contributed by atoms with Crippen molar-refractivity contribution in [1.82, 2.24) is 9.88 Å². The van der Waals surface area contributed by atoms with Crippen LogP contribution in [0.25, 0.3) is 16.8 Å². The average molecular weight is 343 g/mol. The lowest BCUT2D eigenvalue weighted by atomic mass is 10.1. The van der Waals surface area contributed by atoms with Crippen molar-refractivity contribution < 1.29 is 10.2 Å². The third kappa shape index (κ3) is 2.95. The van der Waals surface area contributed by atoms with Crippen LogP contribution in [0.3, 0.4) is 0 Å². The highest BCUT2D eigenvalue weighted by atomic mass is 32.1. The minimum Gasteiger partial charge on any atom is -0.510 e. The maximum Gasteiger partial charge on any atom is 0.135 e. The fraction of sp³-hybridized carbons (Fsp3) is 0.333. The van der Waals surface area contributed by atoms with Gasteiger partial charge in [0.25, 0.3) is 0 Å². The molecule has 0 saturated carbocycles. The Kier molecular flexibility index (Phi) is 4.69. The smallest absolute Gasteiger partial charge is 0.135 e. The minimum absolute atomic E-state index is 0.0358. The largest absolute Gasteiger partial charge is 0.510 e. The molecule has 1 atom stereocenters. The van der Waals surface area contributed by atoms with E-state index in [-0.39, 0.29) is 30.8 Å². The molecule has 0 fully saturated rings. The second-order valence-electron chi connectivity index (χ2n) is 5.95. The van der Waals surface area contributed by atoms with Crippen molar-refractivity contribution in [3.8, 4) is 11.3 Å². The van der Waals surface area contributed by atoms with Gasteiger partial charge in [-0.05, 0) is 13.3 Å². The molecule has 0 spiro atoms. The second-order valence-corrected chi connectivity index (χ2v) is 6.80. The van der Waals surface area contributed by atoms with Crippen LogP contribution in [0.2, 0.25) is 0 Å². The van der Waals surface area contributed by atoms with Crippen molar-refractivity contribution in [2.45, 2.75) is 26.3 Å². The highest BCUT2D eigenvalue weighted by Crippen LogP contribution is 2.33. The van der Waals surface area contributed by atoms with Crippen LogP contribution in [-0.2, 0) is 0 Å². The number of nitrogens with zero attached hydrogens (tertiary/aromatic N) is 2. The van der Waals surface area contributed by atoms with Crippen molar-refractivity contribution >= 4 is 22.7 Å². The average Bonchev–Trinajstić information content (AvgIpc) is 3.15. The number of thiazole rings is 1. The van der Waals surface area contributed by atoms with Gasteiger partial charge in [-0.25, -0.2) is 4.98 Å². The van der Waals surface area contributed by atoms with Crippen LogP contribution >= 0.6 is 11.3 Å². The third-order valence-corrected chi connectivity index (χ3v) is 5.18. The Hall–Kier alpha value is -2.18. The molecule has 2 heterocycles. The molecule has 0 amide bonds. The number of nitrogens with one attached hydrogen (secondary N) is 1. The Morgan fingerprint density at radius 2 is 2.04 bits per heavy atom. The lowest BCUT2D eigenvalue weighted by molar-refractivity contribution is 0.177. The van der Waals surface area contributed by atoms with E-state index in [0.717, 1.165) is 11.3 Å². The quantitative estimate of drug-likeness (QED) is 0.777. The molecule has 1 aromatic carbocycles. The van der Waals surface area contributed by atoms with Gasteiger partial charge < -0.3 is 15.1 Å². The first-order valence-corrected chi connectivity index (χ1v) is 8.84. The van der Waals surface area contributed by atoms with Crippen LogP contribution < -0.4 is 0 Å². The van der Waals surface area contributed by atoms with E-state index in [1.807, 2.05) is 43.5 Å². The molecule has 3 N–H and O–H groups in total. The normalized spacial score (nSPS) is 16.1. The summed E-state index contributed by atoms with van der Waals surface area (Å²) in [5.74, 6) is 0.384. The SMILES string of the molecule is CC[C@H](CO)N1CC(O)=C(c2nc(-c3ccc(C)cc3)cs2)C1=N. The zero-order chi connectivity index (χ0) is 17.3. The molecule has 0 radical (unpaired) electrons. The molecule has 0 unspecified atom stereocenters. The summed E-state index contributed by atoms with van der Waals surface area (Å²) in [6, 6.07) is 7.96. The van der Waals surface area contributed by atoms with Gasteiger partial charge in [-0.15, -0.1) is 11.3 Å². The Morgan fingerprint density at radius 3 is 2.67 bits per heavy atom. The van der Waals surface area contributed by atoms with Gasteiger partial charge in [-0.1, -0.05) is 36.8 Å². The molecule has 2 aromatic rings. The van der Waals surface area contributed by atoms with Gasteiger partial charge in [0.05, 0.1) is 30.5 Å². The predicted molar refractivity (Wildman–Crippen MR) is 97.4 cm³/mol. The first kappa shape index (κ1) is 16.7. The monoisotopic (exact) mass is 343 g/mol. The Morgan fingerprint density at radius 1 is 1.33 bits per heavy atom. The molecule has 1 aromatic heterocycles. The molecule has 3 rings (SSSR count). The zero-order valence-electron chi connectivity index (χ0n) is 13.8. The number of aromatic nitrogens is 1. The first-order valence-electron chi connectivity index (χ1n) is 7.96. The van der Waals surface area contributed by atoms with Crippen LogP contribution in [-0.4, -0.2) is 45.1 Å². The van der Waals surface area contributed by atoms with Gasteiger partial charge in [0, 0.05) is 10.9 Å². The molecule has 6 heteroatoms. The number of hydrogen-bond donors (Lipinski definition) is 3. The number of aliphatic hydroxyl groups is 2. The summed E-state index contributed by atoms with van der Waals surface area (Å²) < 4.78 is 0. The molecule has 1 aliphatic heterocycles. The number of rotatable bonds is 5. The molecular formula is C18H21N3O2S. The topological polar surface area (TPSA) is 80.4 Å². The van der Waals surface area contributed by atoms with E-state index in [2.05, 4.69) is 4.98 Å². The van der Waals surface area contributed by atoms with Gasteiger partial charge >= 0.3 is 0 Å². The Balaban J connectivity index is 1.88. The lowest BCUT2D eigenvalue weighted by Gasteiger charge is -2.26. The van der Waals surface area contributed by atoms with Crippen LogP contribution in [0.15, 0.2) is 35.4 Å². The lowest BCUT2D eigenvalue weighted by Crippen LogP contribution is -2.39. The summed E-state index contributed by atoms with van der Waals surface area (Å²) in [5.41, 5.74) is 3.53. The maximum atomic E-state index is 10.3. The van der Waals surface area contributed by atoms with E-state index in [1.54, 1.807) is 4.90 Å². The molecule has 0 bridgehead atoms. The summed E-state index contributed by atoms with van der Waals surface area (Å²) in [6.45, 7) is 4.22. The minimum atomic E-state index is -0.159. The summed E-state index contributed by atoms with van der Waals surface area (Å²) >= 11 is 1.42. The number of aliphatic hydroxyl groups excluding tert-OH is 2. The van der Waals surface area contributed by atoms with Crippen molar-refractivity contribution in [3.63, 3.8) is 0 Å². The number of aryl methyl sites for hydroxylation is 1. The van der Waals surface area contributed by atoms with Crippen LogP contribution in [0.5, 0.6) is 0 Å². The van der Waals surface area contributed by atoms with Gasteiger partial charge in [0.15, 0.2) is 0 Å². The van der Waals surface area contributed by atoms with E-state index in [4.69, 9.17) is 5.41 Å². The van der Waals surface area contributed by atoms with Crippen LogP contribution in [0.1, 0.15) is 23.9 Å². The number of benzene rings is 1. The maximum absolute atomic E-state index is 10.3. The molecule has 5 nitrogen and oxygen atoms in total. The van der Waals surface area contributed by atoms with Crippen molar-refractivity contribution in [2.24, 2.45) is 0 Å². The number of hydrogen-bond acceptors (Lipinski definition) is 5. The molecule has 1 aliphatic rings. The van der Waals surface area contributed by atoms with Gasteiger partial charge in [-0.2, -0.15) is 0 Å². The summed E-state index contributed by atoms with van der Waals surface area (Å²) in [4.78, 5) is 6.34. The summed E-state index contributed by atoms with van der Waals surface area (Å²) in [7, 11) is 0. The second kappa shape index (κ2) is 6.75. The summed E-state index contributed by atoms with van der Waals surface area (Å²) in [6.07, 6.45) is 0.714. The molecule has 0 aliphatic carbocycles. The fourth-order valence-corrected chi connectivity index (χ4v) is 3.73. The first-order chi connectivity index (χ1) is 11.5. The van der Waals surface area contributed by atoms with E-state index < -0.39 is 0 Å². The number of amidine groups is 1. The van der Waals surface area contributed by atoms with Crippen molar-refractivity contribution in [2.75, 3.05) is 13.2 Å². The molecule has 126 valence electrons. The van der Waals surface area contributed by atoms with E-state index in [9.17, 15) is 10.2 Å². The van der Waals surface area contributed by atoms with Crippen LogP contribution in [0.4, 0.5) is 0 Å². The fourth-order valence-electron chi connectivity index (χ4n) is 2.83. The van der Waals surface area contributed by atoms with Crippen molar-refractivity contribution in [3.05, 3.63) is 46.0 Å². The summed E-state index contributed by atoms with van der Waals surface area (Å²) in [5, 5.41) is 30.8. The predicted octanol–water partition coefficient (Wildman–Crippen LogP) is 3.45. The van der Waals surface area contributed by atoms with Crippen molar-refractivity contribution in [1.29, 1.82) is 5.41 Å². The third-order valence-electron chi connectivity index (χ3n) is 4.32. The van der Waals surface area contributed by atoms with Gasteiger partial charge in [0.2, 0.25) is 0 Å². The Labute approximate surface area is 145 Å². The highest BCUT2D eigenvalue weighted by Gasteiger charge is 2.33. The molecule has 24 heavy (non-hydrogen) atoms. The van der Waals surface area contributed by atoms with Gasteiger partial charge in [-0.3, -0.25) is 5.41 Å². The zero-order valence-corrected chi connectivity index (χ0v) is 14.6.